The monoisotopic (exact) mass is 493 g/mol. The van der Waals surface area contributed by atoms with Gasteiger partial charge in [-0.05, 0) is 55.2 Å². The molecule has 1 amide bonds. The van der Waals surface area contributed by atoms with Crippen LogP contribution in [0.15, 0.2) is 72.8 Å². The van der Waals surface area contributed by atoms with E-state index >= 15 is 0 Å². The zero-order chi connectivity index (χ0) is 24.8. The fourth-order valence-corrected chi connectivity index (χ4v) is 4.20. The highest BCUT2D eigenvalue weighted by Crippen LogP contribution is 2.44. The van der Waals surface area contributed by atoms with Crippen molar-refractivity contribution >= 4 is 29.4 Å². The highest BCUT2D eigenvalue weighted by molar-refractivity contribution is 6.27. The zero-order valence-corrected chi connectivity index (χ0v) is 19.6. The minimum Gasteiger partial charge on any atom is -0.419 e. The van der Waals surface area contributed by atoms with Crippen molar-refractivity contribution in [2.24, 2.45) is 0 Å². The Kier molecular flexibility index (Phi) is 7.48. The summed E-state index contributed by atoms with van der Waals surface area (Å²) in [4.78, 5) is 37.4. The van der Waals surface area contributed by atoms with Gasteiger partial charge in [-0.25, -0.2) is 9.59 Å². The molecule has 4 rings (SSSR count). The molecule has 3 aromatic rings. The summed E-state index contributed by atoms with van der Waals surface area (Å²) in [6.07, 6.45) is 1.43. The summed E-state index contributed by atoms with van der Waals surface area (Å²) in [5.74, 6) is -1.73. The summed E-state index contributed by atoms with van der Waals surface area (Å²) in [5, 5.41) is 14.0. The van der Waals surface area contributed by atoms with Gasteiger partial charge in [0.05, 0.1) is 17.7 Å². The lowest BCUT2D eigenvalue weighted by Crippen LogP contribution is -2.43. The van der Waals surface area contributed by atoms with Gasteiger partial charge in [0.1, 0.15) is 11.5 Å². The van der Waals surface area contributed by atoms with Crippen LogP contribution in [0.2, 0.25) is 0 Å². The number of rotatable bonds is 7. The molecule has 35 heavy (non-hydrogen) atoms. The lowest BCUT2D eigenvalue weighted by atomic mass is 9.78. The van der Waals surface area contributed by atoms with E-state index in [9.17, 15) is 19.5 Å². The van der Waals surface area contributed by atoms with Crippen LogP contribution in [-0.4, -0.2) is 35.4 Å². The van der Waals surface area contributed by atoms with Gasteiger partial charge in [0.15, 0.2) is 11.5 Å². The number of hydrogen-bond acceptors (Lipinski definition) is 6. The predicted octanol–water partition coefficient (Wildman–Crippen LogP) is 4.00. The lowest BCUT2D eigenvalue weighted by molar-refractivity contribution is -0.120. The molecule has 8 heteroatoms. The molecular weight excluding hydrogens is 470 g/mol. The molecule has 7 nitrogen and oxygen atoms in total. The predicted molar refractivity (Wildman–Crippen MR) is 130 cm³/mol. The molecule has 1 aliphatic rings. The van der Waals surface area contributed by atoms with Crippen LogP contribution in [0.4, 0.5) is 0 Å². The topological polar surface area (TPSA) is 102 Å². The van der Waals surface area contributed by atoms with Crippen LogP contribution in [0, 0.1) is 0 Å². The van der Waals surface area contributed by atoms with Gasteiger partial charge in [0, 0.05) is 5.56 Å². The maximum Gasteiger partial charge on any atom is 0.343 e. The minimum absolute atomic E-state index is 0.0548. The number of aliphatic hydroxyl groups is 1. The smallest absolute Gasteiger partial charge is 0.343 e. The second-order valence-corrected chi connectivity index (χ2v) is 8.49. The van der Waals surface area contributed by atoms with E-state index in [0.717, 1.165) is 0 Å². The van der Waals surface area contributed by atoms with Gasteiger partial charge in [-0.1, -0.05) is 42.5 Å². The summed E-state index contributed by atoms with van der Waals surface area (Å²) < 4.78 is 11.4. The van der Waals surface area contributed by atoms with Crippen molar-refractivity contribution in [2.45, 2.75) is 24.9 Å². The van der Waals surface area contributed by atoms with E-state index < -0.39 is 23.4 Å². The third-order valence-corrected chi connectivity index (χ3v) is 6.10. The molecule has 0 saturated heterocycles. The number of benzene rings is 3. The van der Waals surface area contributed by atoms with E-state index in [4.69, 9.17) is 21.1 Å². The van der Waals surface area contributed by atoms with E-state index in [-0.39, 0.29) is 23.9 Å². The van der Waals surface area contributed by atoms with Crippen molar-refractivity contribution in [1.29, 1.82) is 0 Å². The quantitative estimate of drug-likeness (QED) is 0.293. The first-order valence-electron chi connectivity index (χ1n) is 11.2. The summed E-state index contributed by atoms with van der Waals surface area (Å²) in [7, 11) is 0. The summed E-state index contributed by atoms with van der Waals surface area (Å²) >= 11 is 5.58. The van der Waals surface area contributed by atoms with E-state index in [1.165, 1.54) is 6.07 Å². The molecule has 1 unspecified atom stereocenters. The van der Waals surface area contributed by atoms with Gasteiger partial charge < -0.3 is 19.9 Å². The second kappa shape index (κ2) is 10.7. The maximum atomic E-state index is 12.9. The van der Waals surface area contributed by atoms with Crippen molar-refractivity contribution in [3.05, 3.63) is 95.1 Å². The number of carbonyl (C=O) groups excluding carboxylic acids is 3. The number of hydrogen-bond donors (Lipinski definition) is 2. The zero-order valence-electron chi connectivity index (χ0n) is 18.8. The molecule has 1 aliphatic carbocycles. The fourth-order valence-electron chi connectivity index (χ4n) is 4.11. The molecule has 1 atom stereocenters. The van der Waals surface area contributed by atoms with Crippen LogP contribution in [-0.2, 0) is 16.8 Å². The van der Waals surface area contributed by atoms with Crippen molar-refractivity contribution in [2.75, 3.05) is 12.4 Å². The van der Waals surface area contributed by atoms with Crippen LogP contribution in [0.3, 0.4) is 0 Å². The Bertz CT molecular complexity index is 1230. The number of esters is 2. The van der Waals surface area contributed by atoms with Gasteiger partial charge >= 0.3 is 11.9 Å². The Morgan fingerprint density at radius 2 is 1.49 bits per heavy atom. The van der Waals surface area contributed by atoms with Gasteiger partial charge in [-0.15, -0.1) is 11.6 Å². The SMILES string of the molecule is O=C(CCl)NCC1(O)CCCc2c1ccc(OC(=O)c1ccccc1)c2OC(=O)c1ccccc1. The number of carbonyl (C=O) groups is 3. The highest BCUT2D eigenvalue weighted by Gasteiger charge is 2.38. The Hall–Kier alpha value is -3.68. The number of fused-ring (bicyclic) bond motifs is 1. The van der Waals surface area contributed by atoms with Crippen molar-refractivity contribution in [3.63, 3.8) is 0 Å². The van der Waals surface area contributed by atoms with E-state index in [2.05, 4.69) is 5.32 Å². The van der Waals surface area contributed by atoms with Crippen molar-refractivity contribution < 1.29 is 29.0 Å². The van der Waals surface area contributed by atoms with E-state index in [1.54, 1.807) is 66.7 Å². The third-order valence-electron chi connectivity index (χ3n) is 5.86. The van der Waals surface area contributed by atoms with E-state index in [1.807, 2.05) is 0 Å². The molecule has 0 bridgehead atoms. The Labute approximate surface area is 207 Å². The van der Waals surface area contributed by atoms with Gasteiger partial charge in [0.25, 0.3) is 0 Å². The summed E-state index contributed by atoms with van der Waals surface area (Å²) in [6, 6.07) is 20.0. The third kappa shape index (κ3) is 5.53. The Balaban J connectivity index is 1.73. The second-order valence-electron chi connectivity index (χ2n) is 8.23. The largest absolute Gasteiger partial charge is 0.419 e. The lowest BCUT2D eigenvalue weighted by Gasteiger charge is -2.35. The van der Waals surface area contributed by atoms with Crippen LogP contribution in [0.1, 0.15) is 44.7 Å². The number of alkyl halides is 1. The molecule has 0 fully saturated rings. The van der Waals surface area contributed by atoms with Gasteiger partial charge in [0.2, 0.25) is 5.91 Å². The summed E-state index contributed by atoms with van der Waals surface area (Å²) in [5.41, 5.74) is 0.304. The standard InChI is InChI=1S/C27H24ClNO6/c28-16-23(30)29-17-27(33)15-7-12-20-21(27)13-14-22(34-25(31)18-8-3-1-4-9-18)24(20)35-26(32)19-10-5-2-6-11-19/h1-6,8-11,13-14,33H,7,12,15-17H2,(H,29,30). The van der Waals surface area contributed by atoms with Gasteiger partial charge in [-0.2, -0.15) is 0 Å². The first-order valence-corrected chi connectivity index (χ1v) is 11.7. The molecule has 0 saturated carbocycles. The van der Waals surface area contributed by atoms with Crippen molar-refractivity contribution in [3.8, 4) is 11.5 Å². The van der Waals surface area contributed by atoms with Crippen LogP contribution >= 0.6 is 11.6 Å². The normalized spacial score (nSPS) is 16.6. The minimum atomic E-state index is -1.40. The average Bonchev–Trinajstić information content (AvgIpc) is 2.89. The molecule has 0 aliphatic heterocycles. The number of nitrogens with one attached hydrogen (secondary N) is 1. The van der Waals surface area contributed by atoms with Crippen LogP contribution < -0.4 is 14.8 Å². The molecule has 0 radical (unpaired) electrons. The van der Waals surface area contributed by atoms with Crippen LogP contribution in [0.25, 0.3) is 0 Å². The molecule has 0 heterocycles. The van der Waals surface area contributed by atoms with Gasteiger partial charge in [-0.3, -0.25) is 4.79 Å². The number of ether oxygens (including phenoxy) is 2. The molecular formula is C27H24ClNO6. The Morgan fingerprint density at radius 1 is 0.886 bits per heavy atom. The summed E-state index contributed by atoms with van der Waals surface area (Å²) in [6.45, 7) is -0.0548. The number of halogens is 1. The maximum absolute atomic E-state index is 12.9. The highest BCUT2D eigenvalue weighted by atomic mass is 35.5. The average molecular weight is 494 g/mol. The molecule has 3 aromatic carbocycles. The fraction of sp³-hybridized carbons (Fsp3) is 0.222. The van der Waals surface area contributed by atoms with Crippen LogP contribution in [0.5, 0.6) is 11.5 Å². The first-order chi connectivity index (χ1) is 16.9. The Morgan fingerprint density at radius 3 is 2.09 bits per heavy atom. The van der Waals surface area contributed by atoms with Crippen molar-refractivity contribution in [1.82, 2.24) is 5.32 Å². The molecule has 180 valence electrons. The molecule has 2 N–H and O–H groups in total. The molecule has 0 spiro atoms. The molecule has 0 aromatic heterocycles. The first kappa shape index (κ1) is 24.4. The van der Waals surface area contributed by atoms with E-state index in [0.29, 0.717) is 41.5 Å². The number of amides is 1.